The summed E-state index contributed by atoms with van der Waals surface area (Å²) in [6.07, 6.45) is 0. The zero-order valence-electron chi connectivity index (χ0n) is 7.58. The second kappa shape index (κ2) is 5.04. The van der Waals surface area contributed by atoms with Crippen LogP contribution in [0.3, 0.4) is 0 Å². The van der Waals surface area contributed by atoms with E-state index in [2.05, 4.69) is 0 Å². The summed E-state index contributed by atoms with van der Waals surface area (Å²) in [6, 6.07) is 4.58. The van der Waals surface area contributed by atoms with Gasteiger partial charge in [-0.3, -0.25) is 0 Å². The Kier molecular flexibility index (Phi) is 4.73. The van der Waals surface area contributed by atoms with Crippen LogP contribution in [-0.2, 0) is 0 Å². The molecule has 0 aliphatic rings. The first kappa shape index (κ1) is 12.2. The first-order valence-electron chi connectivity index (χ1n) is 3.74. The highest BCUT2D eigenvalue weighted by Crippen LogP contribution is 2.20. The lowest BCUT2D eigenvalue weighted by Crippen LogP contribution is -2.05. The van der Waals surface area contributed by atoms with Crippen molar-refractivity contribution in [2.45, 2.75) is 13.0 Å². The summed E-state index contributed by atoms with van der Waals surface area (Å²) in [4.78, 5) is 0. The highest BCUT2D eigenvalue weighted by atomic mass is 35.5. The van der Waals surface area contributed by atoms with Gasteiger partial charge in [-0.05, 0) is 24.6 Å². The molecule has 1 atom stereocenters. The largest absolute Gasteiger partial charge is 0.494 e. The summed E-state index contributed by atoms with van der Waals surface area (Å²) in [5, 5.41) is 0. The predicted molar refractivity (Wildman–Crippen MR) is 52.8 cm³/mol. The first-order valence-corrected chi connectivity index (χ1v) is 3.74. The fraction of sp³-hybridized carbons (Fsp3) is 0.333. The van der Waals surface area contributed by atoms with E-state index in [-0.39, 0.29) is 30.0 Å². The second-order valence-electron chi connectivity index (χ2n) is 2.68. The van der Waals surface area contributed by atoms with E-state index in [0.29, 0.717) is 0 Å². The molecule has 13 heavy (non-hydrogen) atoms. The van der Waals surface area contributed by atoms with E-state index in [9.17, 15) is 4.39 Å². The lowest BCUT2D eigenvalue weighted by molar-refractivity contribution is 0.386. The third-order valence-electron chi connectivity index (χ3n) is 1.70. The van der Waals surface area contributed by atoms with Crippen LogP contribution in [0.25, 0.3) is 0 Å². The fourth-order valence-electron chi connectivity index (χ4n) is 0.966. The van der Waals surface area contributed by atoms with E-state index in [0.717, 1.165) is 5.56 Å². The SMILES string of the molecule is COc1ccc(C(C)N)cc1F.Cl. The van der Waals surface area contributed by atoms with Crippen LogP contribution < -0.4 is 10.5 Å². The van der Waals surface area contributed by atoms with Gasteiger partial charge in [-0.1, -0.05) is 6.07 Å². The molecule has 0 spiro atoms. The van der Waals surface area contributed by atoms with Gasteiger partial charge in [0.1, 0.15) is 0 Å². The van der Waals surface area contributed by atoms with E-state index < -0.39 is 0 Å². The number of halogens is 2. The van der Waals surface area contributed by atoms with E-state index >= 15 is 0 Å². The molecule has 0 radical (unpaired) electrons. The molecule has 0 saturated carbocycles. The van der Waals surface area contributed by atoms with Gasteiger partial charge in [0.15, 0.2) is 11.6 Å². The molecule has 1 unspecified atom stereocenters. The molecule has 0 aliphatic carbocycles. The topological polar surface area (TPSA) is 35.2 Å². The molecular formula is C9H13ClFNO. The number of methoxy groups -OCH3 is 1. The van der Waals surface area contributed by atoms with Gasteiger partial charge in [0.2, 0.25) is 0 Å². The molecule has 2 nitrogen and oxygen atoms in total. The maximum atomic E-state index is 13.0. The van der Waals surface area contributed by atoms with E-state index in [1.54, 1.807) is 19.1 Å². The Morgan fingerprint density at radius 2 is 2.08 bits per heavy atom. The van der Waals surface area contributed by atoms with Crippen LogP contribution in [0.2, 0.25) is 0 Å². The highest BCUT2D eigenvalue weighted by Gasteiger charge is 2.05. The second-order valence-corrected chi connectivity index (χ2v) is 2.68. The van der Waals surface area contributed by atoms with Crippen molar-refractivity contribution in [3.05, 3.63) is 29.6 Å². The van der Waals surface area contributed by atoms with Crippen molar-refractivity contribution >= 4 is 12.4 Å². The molecule has 0 amide bonds. The Balaban J connectivity index is 0.00000144. The zero-order chi connectivity index (χ0) is 9.14. The van der Waals surface area contributed by atoms with E-state index in [4.69, 9.17) is 10.5 Å². The average Bonchev–Trinajstić information content (AvgIpc) is 2.04. The van der Waals surface area contributed by atoms with Crippen LogP contribution in [0.4, 0.5) is 4.39 Å². The number of ether oxygens (including phenoxy) is 1. The van der Waals surface area contributed by atoms with Crippen molar-refractivity contribution in [2.24, 2.45) is 5.73 Å². The lowest BCUT2D eigenvalue weighted by atomic mass is 10.1. The Hall–Kier alpha value is -0.800. The smallest absolute Gasteiger partial charge is 0.165 e. The average molecular weight is 206 g/mol. The van der Waals surface area contributed by atoms with Gasteiger partial charge in [-0.25, -0.2) is 4.39 Å². The van der Waals surface area contributed by atoms with Gasteiger partial charge in [-0.2, -0.15) is 0 Å². The first-order chi connectivity index (χ1) is 5.65. The van der Waals surface area contributed by atoms with Crippen molar-refractivity contribution in [3.63, 3.8) is 0 Å². The standard InChI is InChI=1S/C9H12FNO.ClH/c1-6(11)7-3-4-9(12-2)8(10)5-7;/h3-6H,11H2,1-2H3;1H. The minimum atomic E-state index is -0.368. The predicted octanol–water partition coefficient (Wildman–Crippen LogP) is 2.28. The van der Waals surface area contributed by atoms with Crippen LogP contribution in [0.1, 0.15) is 18.5 Å². The Bertz CT molecular complexity index is 278. The Morgan fingerprint density at radius 3 is 2.46 bits per heavy atom. The molecule has 0 saturated heterocycles. The fourth-order valence-corrected chi connectivity index (χ4v) is 0.966. The summed E-state index contributed by atoms with van der Waals surface area (Å²) in [5.74, 6) is -0.119. The molecule has 2 N–H and O–H groups in total. The summed E-state index contributed by atoms with van der Waals surface area (Å²) < 4.78 is 17.8. The third-order valence-corrected chi connectivity index (χ3v) is 1.70. The number of hydrogen-bond donors (Lipinski definition) is 1. The highest BCUT2D eigenvalue weighted by molar-refractivity contribution is 5.85. The zero-order valence-corrected chi connectivity index (χ0v) is 8.40. The summed E-state index contributed by atoms with van der Waals surface area (Å²) >= 11 is 0. The van der Waals surface area contributed by atoms with Crippen molar-refractivity contribution in [3.8, 4) is 5.75 Å². The lowest BCUT2D eigenvalue weighted by Gasteiger charge is -2.07. The number of hydrogen-bond acceptors (Lipinski definition) is 2. The number of rotatable bonds is 2. The molecule has 1 rings (SSSR count). The molecule has 4 heteroatoms. The summed E-state index contributed by atoms with van der Waals surface area (Å²) in [7, 11) is 1.43. The number of benzene rings is 1. The van der Waals surface area contributed by atoms with Gasteiger partial charge in [0.25, 0.3) is 0 Å². The molecule has 1 aromatic rings. The van der Waals surface area contributed by atoms with Crippen LogP contribution >= 0.6 is 12.4 Å². The normalized spacial score (nSPS) is 11.7. The maximum absolute atomic E-state index is 13.0. The van der Waals surface area contributed by atoms with Gasteiger partial charge in [0.05, 0.1) is 7.11 Å². The minimum Gasteiger partial charge on any atom is -0.494 e. The van der Waals surface area contributed by atoms with Crippen LogP contribution in [0.15, 0.2) is 18.2 Å². The van der Waals surface area contributed by atoms with Gasteiger partial charge in [0, 0.05) is 6.04 Å². The van der Waals surface area contributed by atoms with Gasteiger partial charge in [-0.15, -0.1) is 12.4 Å². The number of nitrogens with two attached hydrogens (primary N) is 1. The maximum Gasteiger partial charge on any atom is 0.165 e. The van der Waals surface area contributed by atoms with Crippen LogP contribution in [0.5, 0.6) is 5.75 Å². The quantitative estimate of drug-likeness (QED) is 0.804. The van der Waals surface area contributed by atoms with Crippen LogP contribution in [0, 0.1) is 5.82 Å². The van der Waals surface area contributed by atoms with Crippen molar-refractivity contribution in [1.29, 1.82) is 0 Å². The van der Waals surface area contributed by atoms with Gasteiger partial charge >= 0.3 is 0 Å². The molecule has 74 valence electrons. The summed E-state index contributed by atoms with van der Waals surface area (Å²) in [5.41, 5.74) is 6.34. The Morgan fingerprint density at radius 1 is 1.46 bits per heavy atom. The van der Waals surface area contributed by atoms with Crippen molar-refractivity contribution in [2.75, 3.05) is 7.11 Å². The van der Waals surface area contributed by atoms with Crippen molar-refractivity contribution in [1.82, 2.24) is 0 Å². The van der Waals surface area contributed by atoms with Crippen LogP contribution in [-0.4, -0.2) is 7.11 Å². The van der Waals surface area contributed by atoms with Gasteiger partial charge < -0.3 is 10.5 Å². The molecule has 0 bridgehead atoms. The molecular weight excluding hydrogens is 193 g/mol. The molecule has 1 aromatic carbocycles. The monoisotopic (exact) mass is 205 g/mol. The molecule has 0 aromatic heterocycles. The minimum absolute atomic E-state index is 0. The van der Waals surface area contributed by atoms with E-state index in [1.807, 2.05) is 0 Å². The molecule has 0 fully saturated rings. The molecule has 0 heterocycles. The molecule has 0 aliphatic heterocycles. The van der Waals surface area contributed by atoms with E-state index in [1.165, 1.54) is 13.2 Å². The van der Waals surface area contributed by atoms with Crippen molar-refractivity contribution < 1.29 is 9.13 Å². The summed E-state index contributed by atoms with van der Waals surface area (Å²) in [6.45, 7) is 1.81. The Labute approximate surface area is 83.3 Å². The third kappa shape index (κ3) is 2.86.